The van der Waals surface area contributed by atoms with Crippen LogP contribution in [0.2, 0.25) is 0 Å². The third kappa shape index (κ3) is 6.15. The fraction of sp³-hybridized carbons (Fsp3) is 0.643. The van der Waals surface area contributed by atoms with Gasteiger partial charge in [-0.05, 0) is 45.4 Å². The second-order valence-corrected chi connectivity index (χ2v) is 11.6. The summed E-state index contributed by atoms with van der Waals surface area (Å²) in [5.41, 5.74) is 2.18. The van der Waals surface area contributed by atoms with Crippen molar-refractivity contribution < 1.29 is 9.26 Å². The SMILES string of the molecule is CC[C@H](C)CCCC(C)n1c(N2CCOC3CCCC32)nc2nc(-c3noc(=O)[nH]3)nc(C/C=N\C=C(/C)Cl)c21. The minimum atomic E-state index is -0.661. The molecule has 3 unspecified atom stereocenters. The van der Waals surface area contributed by atoms with Crippen LogP contribution < -0.4 is 10.7 Å². The maximum Gasteiger partial charge on any atom is 0.439 e. The number of hydrogen-bond donors (Lipinski definition) is 1. The Labute approximate surface area is 239 Å². The number of H-pyrrole nitrogens is 1. The molecule has 11 nitrogen and oxygen atoms in total. The fourth-order valence-electron chi connectivity index (χ4n) is 5.82. The predicted molar refractivity (Wildman–Crippen MR) is 156 cm³/mol. The number of fused-ring (bicyclic) bond motifs is 2. The van der Waals surface area contributed by atoms with Crippen LogP contribution in [-0.2, 0) is 11.2 Å². The molecule has 4 heterocycles. The number of imidazole rings is 1. The standard InChI is InChI=1S/C28H39ClN8O3/c1-5-17(2)8-6-9-19(4)37-23-20(12-13-30-16-18(3)29)31-25(26-34-28(38)40-35-26)32-24(23)33-27(37)36-14-15-39-22-11-7-10-21(22)36/h13,16-17,19,21-22H,5-12,14-15H2,1-4H3,(H,34,35,38)/b18-16+,30-13-/t17-,19?,21?,22?/m0/s1. The van der Waals surface area contributed by atoms with E-state index in [1.807, 2.05) is 0 Å². The van der Waals surface area contributed by atoms with Crippen molar-refractivity contribution in [1.82, 2.24) is 29.7 Å². The van der Waals surface area contributed by atoms with Crippen LogP contribution in [0.1, 0.15) is 84.4 Å². The molecule has 1 saturated carbocycles. The quantitative estimate of drug-likeness (QED) is 0.303. The van der Waals surface area contributed by atoms with E-state index in [4.69, 9.17) is 35.8 Å². The van der Waals surface area contributed by atoms with Crippen molar-refractivity contribution in [1.29, 1.82) is 0 Å². The van der Waals surface area contributed by atoms with Gasteiger partial charge in [0, 0.05) is 36.5 Å². The van der Waals surface area contributed by atoms with Gasteiger partial charge >= 0.3 is 5.76 Å². The molecule has 5 rings (SSSR count). The lowest BCUT2D eigenvalue weighted by atomic mass is 9.99. The van der Waals surface area contributed by atoms with Crippen molar-refractivity contribution >= 4 is 34.9 Å². The molecule has 216 valence electrons. The van der Waals surface area contributed by atoms with Gasteiger partial charge in [-0.2, -0.15) is 4.98 Å². The molecule has 3 aromatic heterocycles. The summed E-state index contributed by atoms with van der Waals surface area (Å²) in [5.74, 6) is 1.37. The second kappa shape index (κ2) is 12.6. The Morgan fingerprint density at radius 1 is 1.25 bits per heavy atom. The van der Waals surface area contributed by atoms with Crippen LogP contribution >= 0.6 is 11.6 Å². The van der Waals surface area contributed by atoms with Crippen molar-refractivity contribution in [3.8, 4) is 11.6 Å². The molecule has 2 fully saturated rings. The Bertz CT molecular complexity index is 1420. The molecule has 1 aliphatic heterocycles. The number of anilines is 1. The molecule has 12 heteroatoms. The maximum atomic E-state index is 11.7. The predicted octanol–water partition coefficient (Wildman–Crippen LogP) is 5.42. The highest BCUT2D eigenvalue weighted by molar-refractivity contribution is 6.29. The van der Waals surface area contributed by atoms with Crippen molar-refractivity contribution in [3.63, 3.8) is 0 Å². The van der Waals surface area contributed by atoms with Crippen LogP contribution in [-0.4, -0.2) is 61.2 Å². The number of halogens is 1. The third-order valence-corrected chi connectivity index (χ3v) is 8.19. The van der Waals surface area contributed by atoms with E-state index in [0.29, 0.717) is 29.6 Å². The zero-order valence-corrected chi connectivity index (χ0v) is 24.5. The molecule has 0 radical (unpaired) electrons. The average Bonchev–Trinajstić information content (AvgIpc) is 3.68. The van der Waals surface area contributed by atoms with E-state index in [0.717, 1.165) is 55.8 Å². The highest BCUT2D eigenvalue weighted by atomic mass is 35.5. The summed E-state index contributed by atoms with van der Waals surface area (Å²) in [6, 6.07) is 0.464. The van der Waals surface area contributed by atoms with Crippen LogP contribution in [0.25, 0.3) is 22.8 Å². The number of rotatable bonds is 11. The van der Waals surface area contributed by atoms with Gasteiger partial charge in [0.15, 0.2) is 5.65 Å². The number of aromatic amines is 1. The van der Waals surface area contributed by atoms with Crippen molar-refractivity contribution in [2.75, 3.05) is 18.1 Å². The van der Waals surface area contributed by atoms with E-state index in [-0.39, 0.29) is 29.8 Å². The molecular weight excluding hydrogens is 532 g/mol. The lowest BCUT2D eigenvalue weighted by Gasteiger charge is -2.39. The lowest BCUT2D eigenvalue weighted by Crippen LogP contribution is -2.49. The van der Waals surface area contributed by atoms with Crippen LogP contribution in [0, 0.1) is 5.92 Å². The van der Waals surface area contributed by atoms with E-state index in [1.165, 1.54) is 12.8 Å². The van der Waals surface area contributed by atoms with Crippen molar-refractivity contribution in [2.24, 2.45) is 10.9 Å². The Morgan fingerprint density at radius 2 is 2.10 bits per heavy atom. The van der Waals surface area contributed by atoms with E-state index in [1.54, 1.807) is 19.3 Å². The summed E-state index contributed by atoms with van der Waals surface area (Å²) < 4.78 is 13.2. The first-order valence-electron chi connectivity index (χ1n) is 14.4. The number of morpholine rings is 1. The van der Waals surface area contributed by atoms with Crippen LogP contribution in [0.5, 0.6) is 0 Å². The van der Waals surface area contributed by atoms with Gasteiger partial charge < -0.3 is 14.2 Å². The molecular formula is C28H39ClN8O3. The topological polar surface area (TPSA) is 127 Å². The molecule has 1 saturated heterocycles. The van der Waals surface area contributed by atoms with E-state index in [9.17, 15) is 4.79 Å². The molecule has 0 spiro atoms. The minimum Gasteiger partial charge on any atom is -0.374 e. The van der Waals surface area contributed by atoms with Crippen LogP contribution in [0.4, 0.5) is 5.95 Å². The molecule has 0 amide bonds. The monoisotopic (exact) mass is 570 g/mol. The lowest BCUT2D eigenvalue weighted by molar-refractivity contribution is 0.0246. The summed E-state index contributed by atoms with van der Waals surface area (Å²) in [5, 5.41) is 4.41. The molecule has 2 aliphatic rings. The number of ether oxygens (including phenoxy) is 1. The van der Waals surface area contributed by atoms with Gasteiger partial charge in [-0.3, -0.25) is 14.5 Å². The van der Waals surface area contributed by atoms with Gasteiger partial charge in [-0.1, -0.05) is 49.9 Å². The van der Waals surface area contributed by atoms with E-state index < -0.39 is 5.76 Å². The van der Waals surface area contributed by atoms with Crippen LogP contribution in [0.3, 0.4) is 0 Å². The number of hydrogen-bond acceptors (Lipinski definition) is 9. The number of nitrogens with one attached hydrogen (secondary N) is 1. The largest absolute Gasteiger partial charge is 0.439 e. The molecule has 1 N–H and O–H groups in total. The van der Waals surface area contributed by atoms with Gasteiger partial charge in [0.2, 0.25) is 17.6 Å². The summed E-state index contributed by atoms with van der Waals surface area (Å²) >= 11 is 5.98. The molecule has 0 bridgehead atoms. The Morgan fingerprint density at radius 3 is 2.85 bits per heavy atom. The van der Waals surface area contributed by atoms with Gasteiger partial charge in [-0.15, -0.1) is 0 Å². The van der Waals surface area contributed by atoms with Crippen LogP contribution in [0.15, 0.2) is 25.5 Å². The third-order valence-electron chi connectivity index (χ3n) is 8.09. The smallest absolute Gasteiger partial charge is 0.374 e. The number of allylic oxidation sites excluding steroid dienone is 1. The fourth-order valence-corrected chi connectivity index (χ4v) is 5.88. The normalized spacial score (nSPS) is 21.4. The van der Waals surface area contributed by atoms with E-state index in [2.05, 4.69) is 45.4 Å². The van der Waals surface area contributed by atoms with Gasteiger partial charge in [0.25, 0.3) is 0 Å². The van der Waals surface area contributed by atoms with Gasteiger partial charge in [-0.25, -0.2) is 14.8 Å². The zero-order valence-electron chi connectivity index (χ0n) is 23.8. The van der Waals surface area contributed by atoms with Gasteiger partial charge in [0.1, 0.15) is 5.52 Å². The molecule has 3 aromatic rings. The highest BCUT2D eigenvalue weighted by Crippen LogP contribution is 2.37. The average molecular weight is 571 g/mol. The molecule has 1 aliphatic carbocycles. The summed E-state index contributed by atoms with van der Waals surface area (Å²) in [7, 11) is 0. The zero-order chi connectivity index (χ0) is 28.2. The maximum absolute atomic E-state index is 11.7. The Balaban J connectivity index is 1.63. The molecule has 40 heavy (non-hydrogen) atoms. The first-order chi connectivity index (χ1) is 19.4. The Kier molecular flexibility index (Phi) is 9.00. The molecule has 4 atom stereocenters. The number of aromatic nitrogens is 6. The highest BCUT2D eigenvalue weighted by Gasteiger charge is 2.39. The first kappa shape index (κ1) is 28.5. The number of nitrogens with zero attached hydrogens (tertiary/aromatic N) is 7. The van der Waals surface area contributed by atoms with Crippen molar-refractivity contribution in [3.05, 3.63) is 27.5 Å². The first-order valence-corrected chi connectivity index (χ1v) is 14.8. The summed E-state index contributed by atoms with van der Waals surface area (Å²) in [6.45, 7) is 10.0. The molecule has 0 aromatic carbocycles. The number of aliphatic imine (C=N–C) groups is 1. The van der Waals surface area contributed by atoms with Crippen molar-refractivity contribution in [2.45, 2.75) is 97.2 Å². The van der Waals surface area contributed by atoms with Gasteiger partial charge in [0.05, 0.1) is 24.4 Å². The summed E-state index contributed by atoms with van der Waals surface area (Å²) in [6.07, 6.45) is 11.8. The van der Waals surface area contributed by atoms with E-state index >= 15 is 0 Å². The minimum absolute atomic E-state index is 0.168. The second-order valence-electron chi connectivity index (χ2n) is 11.0. The Hall–Kier alpha value is -3.05. The summed E-state index contributed by atoms with van der Waals surface area (Å²) in [4.78, 5) is 35.8.